The Kier molecular flexibility index (Phi) is 6.20. The van der Waals surface area contributed by atoms with E-state index >= 15 is 0 Å². The van der Waals surface area contributed by atoms with Crippen molar-refractivity contribution in [1.82, 2.24) is 0 Å². The smallest absolute Gasteiger partial charge is 0.193 e. The molecule has 0 aliphatic rings. The van der Waals surface area contributed by atoms with Crippen LogP contribution in [0, 0.1) is 0 Å². The number of aliphatic imine (C=N–C) groups is 1. The van der Waals surface area contributed by atoms with Crippen molar-refractivity contribution >= 4 is 22.4 Å². The summed E-state index contributed by atoms with van der Waals surface area (Å²) in [5.74, 6) is 0.890. The lowest BCUT2D eigenvalue weighted by molar-refractivity contribution is 0.648. The summed E-state index contributed by atoms with van der Waals surface area (Å²) in [6, 6.07) is 8.08. The standard InChI is InChI=1S/C15H25N3OS/c1-5-12-6-8-13(9-7-12)18-14(16)17-10-11-20(19)15(2,3)4/h6-9H,5,10-11H2,1-4H3,(H3,16,17,18). The van der Waals surface area contributed by atoms with E-state index in [9.17, 15) is 4.21 Å². The number of nitrogens with two attached hydrogens (primary N) is 1. The summed E-state index contributed by atoms with van der Waals surface area (Å²) in [7, 11) is -0.895. The van der Waals surface area contributed by atoms with Crippen LogP contribution in [0.2, 0.25) is 0 Å². The van der Waals surface area contributed by atoms with Gasteiger partial charge in [-0.3, -0.25) is 9.20 Å². The number of hydrogen-bond acceptors (Lipinski definition) is 2. The fourth-order valence-electron chi connectivity index (χ4n) is 1.57. The van der Waals surface area contributed by atoms with Crippen molar-refractivity contribution in [2.75, 3.05) is 17.6 Å². The van der Waals surface area contributed by atoms with E-state index in [4.69, 9.17) is 5.73 Å². The van der Waals surface area contributed by atoms with Crippen LogP contribution in [0.15, 0.2) is 29.3 Å². The number of guanidine groups is 1. The fraction of sp³-hybridized carbons (Fsp3) is 0.533. The van der Waals surface area contributed by atoms with Crippen LogP contribution in [0.4, 0.5) is 5.69 Å². The van der Waals surface area contributed by atoms with Gasteiger partial charge in [-0.05, 0) is 44.9 Å². The molecule has 1 rings (SSSR count). The number of nitrogens with zero attached hydrogens (tertiary/aromatic N) is 1. The topological polar surface area (TPSA) is 67.5 Å². The third-order valence-electron chi connectivity index (χ3n) is 2.88. The van der Waals surface area contributed by atoms with Gasteiger partial charge in [-0.1, -0.05) is 19.1 Å². The van der Waals surface area contributed by atoms with Gasteiger partial charge >= 0.3 is 0 Å². The molecule has 0 aliphatic carbocycles. The number of rotatable bonds is 5. The molecule has 0 saturated heterocycles. The highest BCUT2D eigenvalue weighted by Crippen LogP contribution is 2.11. The van der Waals surface area contributed by atoms with Gasteiger partial charge in [0.15, 0.2) is 5.96 Å². The summed E-state index contributed by atoms with van der Waals surface area (Å²) in [6.07, 6.45) is 1.02. The molecule has 0 aromatic heterocycles. The van der Waals surface area contributed by atoms with Gasteiger partial charge in [-0.15, -0.1) is 0 Å². The quantitative estimate of drug-likeness (QED) is 0.648. The SMILES string of the molecule is CCc1ccc(NC(N)=NCCS(=O)C(C)(C)C)cc1. The highest BCUT2D eigenvalue weighted by Gasteiger charge is 2.18. The maximum absolute atomic E-state index is 11.9. The molecule has 0 heterocycles. The first-order valence-electron chi connectivity index (χ1n) is 6.87. The number of aryl methyl sites for hydroxylation is 1. The number of benzene rings is 1. The van der Waals surface area contributed by atoms with E-state index in [1.165, 1.54) is 5.56 Å². The maximum Gasteiger partial charge on any atom is 0.193 e. The van der Waals surface area contributed by atoms with E-state index in [0.29, 0.717) is 18.3 Å². The van der Waals surface area contributed by atoms with E-state index in [1.54, 1.807) is 0 Å². The van der Waals surface area contributed by atoms with E-state index in [0.717, 1.165) is 12.1 Å². The molecule has 112 valence electrons. The minimum Gasteiger partial charge on any atom is -0.370 e. The van der Waals surface area contributed by atoms with Crippen molar-refractivity contribution in [3.8, 4) is 0 Å². The third kappa shape index (κ3) is 5.74. The molecule has 1 unspecified atom stereocenters. The summed E-state index contributed by atoms with van der Waals surface area (Å²) in [5, 5.41) is 3.03. The Labute approximate surface area is 124 Å². The van der Waals surface area contributed by atoms with Gasteiger partial charge in [-0.25, -0.2) is 0 Å². The van der Waals surface area contributed by atoms with Crippen LogP contribution in [0.3, 0.4) is 0 Å². The van der Waals surface area contributed by atoms with Gasteiger partial charge in [-0.2, -0.15) is 0 Å². The first kappa shape index (κ1) is 16.7. The lowest BCUT2D eigenvalue weighted by Crippen LogP contribution is -2.27. The Hall–Kier alpha value is -1.36. The number of anilines is 1. The zero-order valence-electron chi connectivity index (χ0n) is 12.8. The molecule has 1 atom stereocenters. The van der Waals surface area contributed by atoms with Gasteiger partial charge < -0.3 is 11.1 Å². The first-order valence-corrected chi connectivity index (χ1v) is 8.19. The molecule has 0 aliphatic heterocycles. The van der Waals surface area contributed by atoms with Gasteiger partial charge in [0.05, 0.1) is 6.54 Å². The van der Waals surface area contributed by atoms with Gasteiger partial charge in [0.1, 0.15) is 0 Å². The van der Waals surface area contributed by atoms with Crippen molar-refractivity contribution in [3.05, 3.63) is 29.8 Å². The van der Waals surface area contributed by atoms with Crippen LogP contribution in [-0.4, -0.2) is 27.2 Å². The molecule has 0 bridgehead atoms. The van der Waals surface area contributed by atoms with Gasteiger partial charge in [0.25, 0.3) is 0 Å². The molecule has 1 aromatic carbocycles. The van der Waals surface area contributed by atoms with Crippen molar-refractivity contribution < 1.29 is 4.21 Å². The highest BCUT2D eigenvalue weighted by molar-refractivity contribution is 7.86. The van der Waals surface area contributed by atoms with E-state index in [-0.39, 0.29) is 4.75 Å². The lowest BCUT2D eigenvalue weighted by atomic mass is 10.1. The second-order valence-electron chi connectivity index (χ2n) is 5.60. The highest BCUT2D eigenvalue weighted by atomic mass is 32.2. The second kappa shape index (κ2) is 7.43. The van der Waals surface area contributed by atoms with E-state index in [2.05, 4.69) is 29.4 Å². The average Bonchev–Trinajstić information content (AvgIpc) is 2.38. The minimum absolute atomic E-state index is 0.201. The molecule has 0 radical (unpaired) electrons. The Morgan fingerprint density at radius 3 is 2.40 bits per heavy atom. The number of nitrogens with one attached hydrogen (secondary N) is 1. The summed E-state index contributed by atoms with van der Waals surface area (Å²) in [5.41, 5.74) is 8.01. The molecule has 1 aromatic rings. The van der Waals surface area contributed by atoms with Crippen LogP contribution in [0.25, 0.3) is 0 Å². The van der Waals surface area contributed by atoms with Gasteiger partial charge in [0, 0.05) is 27.0 Å². The minimum atomic E-state index is -0.895. The van der Waals surface area contributed by atoms with Crippen molar-refractivity contribution in [2.45, 2.75) is 38.9 Å². The summed E-state index contributed by atoms with van der Waals surface area (Å²) in [6.45, 7) is 8.47. The maximum atomic E-state index is 11.9. The van der Waals surface area contributed by atoms with Crippen LogP contribution in [-0.2, 0) is 17.2 Å². The van der Waals surface area contributed by atoms with Crippen LogP contribution in [0.5, 0.6) is 0 Å². The largest absolute Gasteiger partial charge is 0.370 e. The second-order valence-corrected chi connectivity index (χ2v) is 7.93. The first-order chi connectivity index (χ1) is 9.32. The molecular formula is C15H25N3OS. The van der Waals surface area contributed by atoms with Gasteiger partial charge in [0.2, 0.25) is 0 Å². The monoisotopic (exact) mass is 295 g/mol. The molecule has 5 heteroatoms. The van der Waals surface area contributed by atoms with Crippen LogP contribution < -0.4 is 11.1 Å². The fourth-order valence-corrected chi connectivity index (χ4v) is 2.44. The average molecular weight is 295 g/mol. The van der Waals surface area contributed by atoms with Crippen molar-refractivity contribution in [2.24, 2.45) is 10.7 Å². The van der Waals surface area contributed by atoms with E-state index < -0.39 is 10.8 Å². The molecule has 0 amide bonds. The van der Waals surface area contributed by atoms with Crippen molar-refractivity contribution in [1.29, 1.82) is 0 Å². The van der Waals surface area contributed by atoms with E-state index in [1.807, 2.05) is 32.9 Å². The zero-order chi connectivity index (χ0) is 15.2. The molecule has 0 fully saturated rings. The zero-order valence-corrected chi connectivity index (χ0v) is 13.6. The Morgan fingerprint density at radius 1 is 1.30 bits per heavy atom. The Morgan fingerprint density at radius 2 is 1.90 bits per heavy atom. The molecule has 3 N–H and O–H groups in total. The Bertz CT molecular complexity index is 475. The summed E-state index contributed by atoms with van der Waals surface area (Å²) >= 11 is 0. The number of hydrogen-bond donors (Lipinski definition) is 2. The predicted molar refractivity (Wildman–Crippen MR) is 88.7 cm³/mol. The summed E-state index contributed by atoms with van der Waals surface area (Å²) in [4.78, 5) is 4.21. The summed E-state index contributed by atoms with van der Waals surface area (Å²) < 4.78 is 11.7. The predicted octanol–water partition coefficient (Wildman–Crippen LogP) is 2.52. The molecular weight excluding hydrogens is 270 g/mol. The molecule has 0 saturated carbocycles. The van der Waals surface area contributed by atoms with Crippen LogP contribution >= 0.6 is 0 Å². The Balaban J connectivity index is 2.47. The molecule has 0 spiro atoms. The molecule has 4 nitrogen and oxygen atoms in total. The van der Waals surface area contributed by atoms with Crippen molar-refractivity contribution in [3.63, 3.8) is 0 Å². The molecule has 20 heavy (non-hydrogen) atoms. The van der Waals surface area contributed by atoms with Crippen LogP contribution in [0.1, 0.15) is 33.3 Å². The lowest BCUT2D eigenvalue weighted by Gasteiger charge is -2.16. The third-order valence-corrected chi connectivity index (χ3v) is 4.80. The normalized spacial score (nSPS) is 14.1.